The summed E-state index contributed by atoms with van der Waals surface area (Å²) in [5.74, 6) is -0.127. The molecule has 3 unspecified atom stereocenters. The Morgan fingerprint density at radius 1 is 1.70 bits per heavy atom. The molecule has 1 aliphatic heterocycles. The number of aromatic nitrogens is 1. The predicted octanol–water partition coefficient (Wildman–Crippen LogP) is 1.50. The minimum Gasteiger partial charge on any atom is -0.379 e. The number of hydrogen-bond donors (Lipinski definition) is 1. The molecular weight excluding hydrogens is 274 g/mol. The summed E-state index contributed by atoms with van der Waals surface area (Å²) in [5.41, 5.74) is 0. The van der Waals surface area contributed by atoms with Crippen LogP contribution in [0.15, 0.2) is 11.6 Å². The quantitative estimate of drug-likeness (QED) is 0.864. The number of hydrogen-bond acceptors (Lipinski definition) is 5. The number of rotatable bonds is 6. The van der Waals surface area contributed by atoms with Crippen molar-refractivity contribution >= 4 is 17.2 Å². The fourth-order valence-electron chi connectivity index (χ4n) is 2.86. The maximum Gasteiger partial charge on any atom is 0.225 e. The van der Waals surface area contributed by atoms with Crippen molar-refractivity contribution in [3.8, 4) is 0 Å². The van der Waals surface area contributed by atoms with E-state index in [1.54, 1.807) is 24.6 Å². The SMILES string of the molecule is COC(C(C)C(=O)NCc1nccs1)C1CCCN1C. The molecule has 1 aromatic rings. The Bertz CT molecular complexity index is 424. The first kappa shape index (κ1) is 15.4. The Labute approximate surface area is 124 Å². The monoisotopic (exact) mass is 297 g/mol. The van der Waals surface area contributed by atoms with Gasteiger partial charge in [-0.15, -0.1) is 11.3 Å². The topological polar surface area (TPSA) is 54.5 Å². The highest BCUT2D eigenvalue weighted by Crippen LogP contribution is 2.24. The Morgan fingerprint density at radius 2 is 2.50 bits per heavy atom. The summed E-state index contributed by atoms with van der Waals surface area (Å²) in [6, 6.07) is 0.334. The molecule has 0 saturated carbocycles. The first-order valence-electron chi connectivity index (χ1n) is 7.02. The van der Waals surface area contributed by atoms with Gasteiger partial charge in [0.2, 0.25) is 5.91 Å². The van der Waals surface area contributed by atoms with Gasteiger partial charge in [0, 0.05) is 24.7 Å². The second-order valence-corrected chi connectivity index (χ2v) is 6.30. The van der Waals surface area contributed by atoms with Gasteiger partial charge in [0.1, 0.15) is 5.01 Å². The van der Waals surface area contributed by atoms with Crippen LogP contribution in [0.5, 0.6) is 0 Å². The normalized spacial score (nSPS) is 22.6. The number of methoxy groups -OCH3 is 1. The lowest BCUT2D eigenvalue weighted by Crippen LogP contribution is -2.46. The molecule has 6 heteroatoms. The maximum atomic E-state index is 12.3. The van der Waals surface area contributed by atoms with E-state index in [1.807, 2.05) is 12.3 Å². The first-order valence-corrected chi connectivity index (χ1v) is 7.90. The molecule has 0 aliphatic carbocycles. The molecule has 1 aliphatic rings. The number of thiazole rings is 1. The average Bonchev–Trinajstić information content (AvgIpc) is 3.09. The summed E-state index contributed by atoms with van der Waals surface area (Å²) in [4.78, 5) is 18.7. The Hall–Kier alpha value is -0.980. The van der Waals surface area contributed by atoms with Gasteiger partial charge >= 0.3 is 0 Å². The molecule has 2 heterocycles. The number of likely N-dealkylation sites (N-methyl/N-ethyl adjacent to an activating group) is 1. The summed E-state index contributed by atoms with van der Waals surface area (Å²) in [7, 11) is 3.80. The van der Waals surface area contributed by atoms with E-state index in [1.165, 1.54) is 6.42 Å². The van der Waals surface area contributed by atoms with E-state index in [0.717, 1.165) is 18.0 Å². The van der Waals surface area contributed by atoms with Crippen molar-refractivity contribution in [2.24, 2.45) is 5.92 Å². The Balaban J connectivity index is 1.90. The molecule has 0 radical (unpaired) electrons. The number of likely N-dealkylation sites (tertiary alicyclic amines) is 1. The van der Waals surface area contributed by atoms with E-state index in [4.69, 9.17) is 4.74 Å². The largest absolute Gasteiger partial charge is 0.379 e. The zero-order valence-corrected chi connectivity index (χ0v) is 13.2. The van der Waals surface area contributed by atoms with Gasteiger partial charge in [-0.2, -0.15) is 0 Å². The summed E-state index contributed by atoms with van der Waals surface area (Å²) in [6.07, 6.45) is 3.97. The highest BCUT2D eigenvalue weighted by atomic mass is 32.1. The highest BCUT2D eigenvalue weighted by Gasteiger charge is 2.35. The molecule has 20 heavy (non-hydrogen) atoms. The van der Waals surface area contributed by atoms with Gasteiger partial charge in [-0.05, 0) is 26.4 Å². The van der Waals surface area contributed by atoms with E-state index in [9.17, 15) is 4.79 Å². The summed E-state index contributed by atoms with van der Waals surface area (Å²) in [6.45, 7) is 3.52. The van der Waals surface area contributed by atoms with Gasteiger partial charge in [-0.3, -0.25) is 4.79 Å². The molecule has 112 valence electrons. The van der Waals surface area contributed by atoms with E-state index in [2.05, 4.69) is 22.2 Å². The van der Waals surface area contributed by atoms with Crippen molar-refractivity contribution in [2.75, 3.05) is 20.7 Å². The van der Waals surface area contributed by atoms with Crippen molar-refractivity contribution in [3.05, 3.63) is 16.6 Å². The average molecular weight is 297 g/mol. The second-order valence-electron chi connectivity index (χ2n) is 5.32. The van der Waals surface area contributed by atoms with E-state index >= 15 is 0 Å². The van der Waals surface area contributed by atoms with E-state index < -0.39 is 0 Å². The molecular formula is C14H23N3O2S. The lowest BCUT2D eigenvalue weighted by atomic mass is 9.95. The van der Waals surface area contributed by atoms with Crippen molar-refractivity contribution in [3.63, 3.8) is 0 Å². The zero-order valence-electron chi connectivity index (χ0n) is 12.3. The summed E-state index contributed by atoms with van der Waals surface area (Å²) >= 11 is 1.55. The number of nitrogens with one attached hydrogen (secondary N) is 1. The van der Waals surface area contributed by atoms with Crippen molar-refractivity contribution in [2.45, 2.75) is 38.5 Å². The van der Waals surface area contributed by atoms with E-state index in [-0.39, 0.29) is 17.9 Å². The Kier molecular flexibility index (Phi) is 5.51. The number of nitrogens with zero attached hydrogens (tertiary/aromatic N) is 2. The van der Waals surface area contributed by atoms with Crippen LogP contribution in [0, 0.1) is 5.92 Å². The van der Waals surface area contributed by atoms with E-state index in [0.29, 0.717) is 12.6 Å². The maximum absolute atomic E-state index is 12.3. The molecule has 0 spiro atoms. The minimum atomic E-state index is -0.162. The standard InChI is InChI=1S/C14H23N3O2S/c1-10(13(19-3)11-5-4-7-17(11)2)14(18)16-9-12-15-6-8-20-12/h6,8,10-11,13H,4-5,7,9H2,1-3H3,(H,16,18). The highest BCUT2D eigenvalue weighted by molar-refractivity contribution is 7.09. The Morgan fingerprint density at radius 3 is 3.05 bits per heavy atom. The van der Waals surface area contributed by atoms with Gasteiger partial charge in [0.15, 0.2) is 0 Å². The molecule has 1 amide bonds. The van der Waals surface area contributed by atoms with Gasteiger partial charge in [0.05, 0.1) is 18.6 Å². The number of carbonyl (C=O) groups excluding carboxylic acids is 1. The fourth-order valence-corrected chi connectivity index (χ4v) is 3.41. The fraction of sp³-hybridized carbons (Fsp3) is 0.714. The van der Waals surface area contributed by atoms with Crippen LogP contribution < -0.4 is 5.32 Å². The van der Waals surface area contributed by atoms with Gasteiger partial charge < -0.3 is 15.0 Å². The van der Waals surface area contributed by atoms with Crippen molar-refractivity contribution in [1.82, 2.24) is 15.2 Å². The van der Waals surface area contributed by atoms with Crippen LogP contribution in [0.25, 0.3) is 0 Å². The third-order valence-corrected chi connectivity index (χ3v) is 4.81. The molecule has 0 bridgehead atoms. The zero-order chi connectivity index (χ0) is 14.5. The predicted molar refractivity (Wildman–Crippen MR) is 79.6 cm³/mol. The molecule has 1 aromatic heterocycles. The molecule has 3 atom stereocenters. The van der Waals surface area contributed by atoms with Gasteiger partial charge in [-0.1, -0.05) is 6.92 Å². The molecule has 1 fully saturated rings. The van der Waals surface area contributed by atoms with Gasteiger partial charge in [0.25, 0.3) is 0 Å². The van der Waals surface area contributed by atoms with Crippen molar-refractivity contribution < 1.29 is 9.53 Å². The van der Waals surface area contributed by atoms with Crippen LogP contribution in [0.2, 0.25) is 0 Å². The minimum absolute atomic E-state index is 0.0346. The molecule has 0 aromatic carbocycles. The molecule has 2 rings (SSSR count). The summed E-state index contributed by atoms with van der Waals surface area (Å²) < 4.78 is 5.61. The van der Waals surface area contributed by atoms with Crippen LogP contribution in [0.3, 0.4) is 0 Å². The van der Waals surface area contributed by atoms with Gasteiger partial charge in [-0.25, -0.2) is 4.98 Å². The molecule has 1 N–H and O–H groups in total. The lowest BCUT2D eigenvalue weighted by molar-refractivity contribution is -0.130. The molecule has 5 nitrogen and oxygen atoms in total. The summed E-state index contributed by atoms with van der Waals surface area (Å²) in [5, 5.41) is 5.79. The third-order valence-electron chi connectivity index (χ3n) is 4.03. The van der Waals surface area contributed by atoms with Crippen LogP contribution in [0.1, 0.15) is 24.8 Å². The number of amides is 1. The third kappa shape index (κ3) is 3.56. The number of carbonyl (C=O) groups is 1. The lowest BCUT2D eigenvalue weighted by Gasteiger charge is -2.31. The number of ether oxygens (including phenoxy) is 1. The molecule has 1 saturated heterocycles. The smallest absolute Gasteiger partial charge is 0.225 e. The second kappa shape index (κ2) is 7.15. The van der Waals surface area contributed by atoms with Crippen LogP contribution in [-0.2, 0) is 16.1 Å². The van der Waals surface area contributed by atoms with Crippen molar-refractivity contribution in [1.29, 1.82) is 0 Å². The van der Waals surface area contributed by atoms with Crippen LogP contribution >= 0.6 is 11.3 Å². The van der Waals surface area contributed by atoms with Crippen LogP contribution in [0.4, 0.5) is 0 Å². The first-order chi connectivity index (χ1) is 9.63. The van der Waals surface area contributed by atoms with Crippen LogP contribution in [-0.4, -0.2) is 48.6 Å².